The highest BCUT2D eigenvalue weighted by Crippen LogP contribution is 2.24. The van der Waals surface area contributed by atoms with Crippen LogP contribution in [-0.4, -0.2) is 20.6 Å². The Labute approximate surface area is 113 Å². The highest BCUT2D eigenvalue weighted by Gasteiger charge is 2.16. The third-order valence-electron chi connectivity index (χ3n) is 3.43. The Hall–Kier alpha value is -1.84. The molecule has 0 fully saturated rings. The van der Waals surface area contributed by atoms with Crippen molar-refractivity contribution in [1.82, 2.24) is 9.55 Å². The molecule has 0 aliphatic rings. The standard InChI is InChI=1S/C15H20N2O2/c1-2-3-4-7-12(10-15(18)19)17-11-16-13-8-5-6-9-14(13)17/h5-6,8-9,11-12H,2-4,7,10H2,1H3,(H,18,19). The van der Waals surface area contributed by atoms with Gasteiger partial charge in [-0.2, -0.15) is 0 Å². The number of aromatic nitrogens is 2. The maximum Gasteiger partial charge on any atom is 0.305 e. The molecule has 19 heavy (non-hydrogen) atoms. The van der Waals surface area contributed by atoms with Gasteiger partial charge in [-0.15, -0.1) is 0 Å². The van der Waals surface area contributed by atoms with E-state index in [0.29, 0.717) is 0 Å². The number of carboxylic acid groups (broad SMARTS) is 1. The quantitative estimate of drug-likeness (QED) is 0.773. The maximum absolute atomic E-state index is 11.0. The monoisotopic (exact) mass is 260 g/mol. The number of hydrogen-bond donors (Lipinski definition) is 1. The Morgan fingerprint density at radius 2 is 2.16 bits per heavy atom. The molecule has 0 aliphatic carbocycles. The lowest BCUT2D eigenvalue weighted by atomic mass is 10.1. The molecule has 0 amide bonds. The molecule has 0 spiro atoms. The fraction of sp³-hybridized carbons (Fsp3) is 0.467. The van der Waals surface area contributed by atoms with Crippen LogP contribution in [0.2, 0.25) is 0 Å². The van der Waals surface area contributed by atoms with Gasteiger partial charge in [-0.1, -0.05) is 38.3 Å². The summed E-state index contributed by atoms with van der Waals surface area (Å²) in [5.41, 5.74) is 1.94. The summed E-state index contributed by atoms with van der Waals surface area (Å²) in [4.78, 5) is 15.4. The van der Waals surface area contributed by atoms with Crippen LogP contribution in [-0.2, 0) is 4.79 Å². The lowest BCUT2D eigenvalue weighted by molar-refractivity contribution is -0.137. The maximum atomic E-state index is 11.0. The first-order chi connectivity index (χ1) is 9.22. The van der Waals surface area contributed by atoms with Crippen LogP contribution < -0.4 is 0 Å². The molecule has 4 heteroatoms. The van der Waals surface area contributed by atoms with Gasteiger partial charge in [-0.05, 0) is 18.6 Å². The lowest BCUT2D eigenvalue weighted by Crippen LogP contribution is -2.13. The number of aliphatic carboxylic acids is 1. The summed E-state index contributed by atoms with van der Waals surface area (Å²) in [6.07, 6.45) is 6.16. The molecule has 1 unspecified atom stereocenters. The van der Waals surface area contributed by atoms with Crippen LogP contribution in [0, 0.1) is 0 Å². The Kier molecular flexibility index (Phi) is 4.55. The van der Waals surface area contributed by atoms with Crippen LogP contribution in [0.4, 0.5) is 0 Å². The molecule has 1 aromatic heterocycles. The highest BCUT2D eigenvalue weighted by molar-refractivity contribution is 5.75. The number of carbonyl (C=O) groups is 1. The van der Waals surface area contributed by atoms with Crippen LogP contribution in [0.1, 0.15) is 45.1 Å². The summed E-state index contributed by atoms with van der Waals surface area (Å²) < 4.78 is 2.01. The summed E-state index contributed by atoms with van der Waals surface area (Å²) in [6, 6.07) is 7.86. The van der Waals surface area contributed by atoms with E-state index in [4.69, 9.17) is 5.11 Å². The van der Waals surface area contributed by atoms with Crippen molar-refractivity contribution in [2.75, 3.05) is 0 Å². The molecule has 2 rings (SSSR count). The average molecular weight is 260 g/mol. The second kappa shape index (κ2) is 6.36. The topological polar surface area (TPSA) is 55.1 Å². The molecule has 0 radical (unpaired) electrons. The molecule has 0 saturated carbocycles. The highest BCUT2D eigenvalue weighted by atomic mass is 16.4. The average Bonchev–Trinajstić information content (AvgIpc) is 2.81. The fourth-order valence-corrected chi connectivity index (χ4v) is 2.44. The van der Waals surface area contributed by atoms with E-state index in [1.165, 1.54) is 0 Å². The number of unbranched alkanes of at least 4 members (excludes halogenated alkanes) is 2. The molecule has 1 aromatic carbocycles. The zero-order chi connectivity index (χ0) is 13.7. The molecule has 1 heterocycles. The molecule has 4 nitrogen and oxygen atoms in total. The molecule has 0 aliphatic heterocycles. The normalized spacial score (nSPS) is 12.7. The molecule has 0 bridgehead atoms. The third kappa shape index (κ3) is 3.34. The molecular weight excluding hydrogens is 240 g/mol. The summed E-state index contributed by atoms with van der Waals surface area (Å²) in [5, 5.41) is 9.08. The Morgan fingerprint density at radius 3 is 2.89 bits per heavy atom. The minimum absolute atomic E-state index is 0.00329. The van der Waals surface area contributed by atoms with Crippen molar-refractivity contribution in [2.45, 2.75) is 45.1 Å². The molecule has 1 atom stereocenters. The van der Waals surface area contributed by atoms with Crippen molar-refractivity contribution in [2.24, 2.45) is 0 Å². The summed E-state index contributed by atoms with van der Waals surface area (Å²) in [5.74, 6) is -0.751. The first kappa shape index (κ1) is 13.6. The van der Waals surface area contributed by atoms with E-state index >= 15 is 0 Å². The lowest BCUT2D eigenvalue weighted by Gasteiger charge is -2.17. The van der Waals surface area contributed by atoms with E-state index in [1.807, 2.05) is 28.8 Å². The van der Waals surface area contributed by atoms with E-state index < -0.39 is 5.97 Å². The number of nitrogens with zero attached hydrogens (tertiary/aromatic N) is 2. The fourth-order valence-electron chi connectivity index (χ4n) is 2.44. The van der Waals surface area contributed by atoms with Gasteiger partial charge in [0.25, 0.3) is 0 Å². The summed E-state index contributed by atoms with van der Waals surface area (Å²) in [7, 11) is 0. The number of benzene rings is 1. The number of carboxylic acids is 1. The predicted octanol–water partition coefficient (Wildman–Crippen LogP) is 3.63. The number of hydrogen-bond acceptors (Lipinski definition) is 2. The number of fused-ring (bicyclic) bond motifs is 1. The van der Waals surface area contributed by atoms with Gasteiger partial charge in [-0.3, -0.25) is 4.79 Å². The SMILES string of the molecule is CCCCCC(CC(=O)O)n1cnc2ccccc21. The predicted molar refractivity (Wildman–Crippen MR) is 75.2 cm³/mol. The summed E-state index contributed by atoms with van der Waals surface area (Å²) in [6.45, 7) is 2.15. The van der Waals surface area contributed by atoms with Crippen molar-refractivity contribution in [3.63, 3.8) is 0 Å². The molecule has 102 valence electrons. The number of para-hydroxylation sites is 2. The second-order valence-corrected chi connectivity index (χ2v) is 4.89. The Morgan fingerprint density at radius 1 is 1.37 bits per heavy atom. The van der Waals surface area contributed by atoms with Gasteiger partial charge in [0, 0.05) is 6.04 Å². The largest absolute Gasteiger partial charge is 0.481 e. The van der Waals surface area contributed by atoms with Crippen molar-refractivity contribution in [3.8, 4) is 0 Å². The van der Waals surface area contributed by atoms with Crippen LogP contribution in [0.5, 0.6) is 0 Å². The zero-order valence-electron chi connectivity index (χ0n) is 11.2. The van der Waals surface area contributed by atoms with E-state index in [9.17, 15) is 4.79 Å². The smallest absolute Gasteiger partial charge is 0.305 e. The van der Waals surface area contributed by atoms with E-state index in [0.717, 1.165) is 36.7 Å². The van der Waals surface area contributed by atoms with Crippen LogP contribution in [0.15, 0.2) is 30.6 Å². The van der Waals surface area contributed by atoms with Gasteiger partial charge in [0.2, 0.25) is 0 Å². The number of imidazole rings is 1. The summed E-state index contributed by atoms with van der Waals surface area (Å²) >= 11 is 0. The van der Waals surface area contributed by atoms with E-state index in [2.05, 4.69) is 11.9 Å². The minimum Gasteiger partial charge on any atom is -0.481 e. The van der Waals surface area contributed by atoms with Gasteiger partial charge in [0.15, 0.2) is 0 Å². The number of rotatable bonds is 7. The first-order valence-electron chi connectivity index (χ1n) is 6.85. The van der Waals surface area contributed by atoms with Gasteiger partial charge >= 0.3 is 5.97 Å². The van der Waals surface area contributed by atoms with Gasteiger partial charge < -0.3 is 9.67 Å². The second-order valence-electron chi connectivity index (χ2n) is 4.89. The van der Waals surface area contributed by atoms with Crippen LogP contribution in [0.3, 0.4) is 0 Å². The van der Waals surface area contributed by atoms with Crippen LogP contribution >= 0.6 is 0 Å². The van der Waals surface area contributed by atoms with E-state index in [1.54, 1.807) is 6.33 Å². The van der Waals surface area contributed by atoms with Gasteiger partial charge in [-0.25, -0.2) is 4.98 Å². The molecule has 1 N–H and O–H groups in total. The van der Waals surface area contributed by atoms with Crippen molar-refractivity contribution < 1.29 is 9.90 Å². The Balaban J connectivity index is 2.23. The van der Waals surface area contributed by atoms with E-state index in [-0.39, 0.29) is 12.5 Å². The Bertz CT molecular complexity index is 548. The zero-order valence-corrected chi connectivity index (χ0v) is 11.2. The van der Waals surface area contributed by atoms with Crippen LogP contribution in [0.25, 0.3) is 11.0 Å². The molecular formula is C15H20N2O2. The van der Waals surface area contributed by atoms with Gasteiger partial charge in [0.1, 0.15) is 0 Å². The van der Waals surface area contributed by atoms with Gasteiger partial charge in [0.05, 0.1) is 23.8 Å². The minimum atomic E-state index is -0.751. The van der Waals surface area contributed by atoms with Crippen molar-refractivity contribution >= 4 is 17.0 Å². The molecule has 0 saturated heterocycles. The third-order valence-corrected chi connectivity index (χ3v) is 3.43. The van der Waals surface area contributed by atoms with Crippen molar-refractivity contribution in [3.05, 3.63) is 30.6 Å². The first-order valence-corrected chi connectivity index (χ1v) is 6.85. The van der Waals surface area contributed by atoms with Crippen molar-refractivity contribution in [1.29, 1.82) is 0 Å². The molecule has 2 aromatic rings.